The predicted octanol–water partition coefficient (Wildman–Crippen LogP) is 6.02. The Labute approximate surface area is 324 Å². The Morgan fingerprint density at radius 2 is 1.38 bits per heavy atom. The lowest BCUT2D eigenvalue weighted by atomic mass is 10.0. The van der Waals surface area contributed by atoms with Crippen LogP contribution in [0.3, 0.4) is 0 Å². The molecule has 3 aromatic heterocycles. The van der Waals surface area contributed by atoms with Crippen LogP contribution >= 0.6 is 11.3 Å². The SMILES string of the molecule is COC(=O)N[C@@H](C(=O)N1CCC[C@H]1c1cnc(-c2ccc(C#Cc3ccc(-c4cnc([C@@H]5CCCN5C(=O)[C@H](NC(=O)OC)C(C)C)[nH]4)s3)cc2)[nH]1)C(C)C. The number of nitrogens with zero attached hydrogens (tertiary/aromatic N) is 4. The Kier molecular flexibility index (Phi) is 12.2. The zero-order chi connectivity index (χ0) is 39.2. The lowest BCUT2D eigenvalue weighted by Gasteiger charge is -2.30. The molecule has 55 heavy (non-hydrogen) atoms. The number of amides is 4. The molecule has 5 heterocycles. The molecule has 4 amide bonds. The van der Waals surface area contributed by atoms with Gasteiger partial charge in [-0.25, -0.2) is 19.6 Å². The molecule has 1 aromatic carbocycles. The minimum atomic E-state index is -0.690. The quantitative estimate of drug-likeness (QED) is 0.142. The van der Waals surface area contributed by atoms with E-state index >= 15 is 0 Å². The fourth-order valence-electron chi connectivity index (χ4n) is 7.10. The number of hydrogen-bond acceptors (Lipinski definition) is 9. The maximum Gasteiger partial charge on any atom is 0.407 e. The highest BCUT2D eigenvalue weighted by atomic mass is 32.1. The number of methoxy groups -OCH3 is 2. The Hall–Kier alpha value is -5.62. The molecule has 15 heteroatoms. The summed E-state index contributed by atoms with van der Waals surface area (Å²) in [5, 5.41) is 5.38. The number of rotatable bonds is 10. The standard InChI is InChI=1S/C40H48N8O6S/c1-23(2)33(45-39(51)53-5)37(49)47-19-7-9-30(47)28-21-41-35(43-28)26-14-11-25(12-15-26)13-16-27-17-18-32(55-27)29-22-42-36(44-29)31-10-8-20-48(31)38(50)34(24(3)4)46-40(52)54-6/h11-12,14-15,17-18,21-24,30-31,33-34H,7-10,19-20H2,1-6H3,(H,41,43)(H,42,44)(H,45,51)(H,46,52)/t30-,31-,33+,34+/m0/s1. The summed E-state index contributed by atoms with van der Waals surface area (Å²) in [5.74, 6) is 7.45. The number of carbonyl (C=O) groups excluding carboxylic acids is 4. The molecule has 4 N–H and O–H groups in total. The smallest absolute Gasteiger partial charge is 0.407 e. The van der Waals surface area contributed by atoms with Crippen molar-refractivity contribution in [3.05, 3.63) is 70.8 Å². The van der Waals surface area contributed by atoms with Crippen LogP contribution in [0, 0.1) is 23.7 Å². The summed E-state index contributed by atoms with van der Waals surface area (Å²) >= 11 is 1.55. The van der Waals surface area contributed by atoms with Crippen molar-refractivity contribution in [1.29, 1.82) is 0 Å². The molecular formula is C40H48N8O6S. The third-order valence-corrected chi connectivity index (χ3v) is 11.1. The summed E-state index contributed by atoms with van der Waals surface area (Å²) in [7, 11) is 2.57. The van der Waals surface area contributed by atoms with E-state index < -0.39 is 24.3 Å². The van der Waals surface area contributed by atoms with Crippen LogP contribution in [0.25, 0.3) is 22.0 Å². The molecule has 6 rings (SSSR count). The van der Waals surface area contributed by atoms with Crippen LogP contribution in [0.1, 0.15) is 87.4 Å². The van der Waals surface area contributed by atoms with E-state index in [0.29, 0.717) is 24.7 Å². The van der Waals surface area contributed by atoms with Crippen molar-refractivity contribution >= 4 is 35.3 Å². The number of aromatic amines is 2. The minimum absolute atomic E-state index is 0.102. The highest BCUT2D eigenvalue weighted by Crippen LogP contribution is 2.35. The number of hydrogen-bond donors (Lipinski definition) is 4. The lowest BCUT2D eigenvalue weighted by Crippen LogP contribution is -2.51. The van der Waals surface area contributed by atoms with Gasteiger partial charge >= 0.3 is 12.2 Å². The van der Waals surface area contributed by atoms with E-state index in [1.165, 1.54) is 14.2 Å². The molecule has 14 nitrogen and oxygen atoms in total. The van der Waals surface area contributed by atoms with E-state index in [4.69, 9.17) is 9.47 Å². The van der Waals surface area contributed by atoms with Crippen LogP contribution in [0.15, 0.2) is 48.8 Å². The van der Waals surface area contributed by atoms with Crippen LogP contribution in [0.5, 0.6) is 0 Å². The molecule has 0 aliphatic carbocycles. The number of ether oxygens (including phenoxy) is 2. The predicted molar refractivity (Wildman–Crippen MR) is 208 cm³/mol. The number of H-pyrrole nitrogens is 2. The molecule has 0 unspecified atom stereocenters. The van der Waals surface area contributed by atoms with Crippen LogP contribution in [-0.2, 0) is 19.1 Å². The van der Waals surface area contributed by atoms with Crippen molar-refractivity contribution in [2.24, 2.45) is 11.8 Å². The molecule has 0 radical (unpaired) electrons. The summed E-state index contributed by atoms with van der Waals surface area (Å²) in [6.45, 7) is 8.78. The topological polar surface area (TPSA) is 175 Å². The number of benzene rings is 1. The van der Waals surface area contributed by atoms with E-state index in [0.717, 1.165) is 58.0 Å². The maximum atomic E-state index is 13.5. The van der Waals surface area contributed by atoms with Crippen LogP contribution < -0.4 is 10.6 Å². The van der Waals surface area contributed by atoms with Gasteiger partial charge in [-0.05, 0) is 61.8 Å². The van der Waals surface area contributed by atoms with Gasteiger partial charge in [-0.15, -0.1) is 11.3 Å². The first-order valence-corrected chi connectivity index (χ1v) is 19.4. The van der Waals surface area contributed by atoms with Crippen molar-refractivity contribution < 1.29 is 28.7 Å². The Balaban J connectivity index is 1.09. The first-order valence-electron chi connectivity index (χ1n) is 18.6. The molecule has 2 fully saturated rings. The van der Waals surface area contributed by atoms with Gasteiger partial charge in [-0.3, -0.25) is 9.59 Å². The van der Waals surface area contributed by atoms with Crippen molar-refractivity contribution in [3.63, 3.8) is 0 Å². The summed E-state index contributed by atoms with van der Waals surface area (Å²) in [4.78, 5) is 72.5. The van der Waals surface area contributed by atoms with Crippen LogP contribution in [0.4, 0.5) is 9.59 Å². The van der Waals surface area contributed by atoms with Gasteiger partial charge in [0.15, 0.2) is 0 Å². The van der Waals surface area contributed by atoms with Crippen LogP contribution in [-0.4, -0.2) is 93.1 Å². The van der Waals surface area contributed by atoms with E-state index in [9.17, 15) is 19.2 Å². The first kappa shape index (κ1) is 39.1. The van der Waals surface area contributed by atoms with E-state index in [1.807, 2.05) is 69.0 Å². The molecule has 4 atom stereocenters. The number of alkyl carbamates (subject to hydrolysis) is 2. The summed E-state index contributed by atoms with van der Waals surface area (Å²) in [5.41, 5.74) is 3.46. The lowest BCUT2D eigenvalue weighted by molar-refractivity contribution is -0.136. The van der Waals surface area contributed by atoms with Crippen molar-refractivity contribution in [3.8, 4) is 33.8 Å². The monoisotopic (exact) mass is 768 g/mol. The number of carbonyl (C=O) groups is 4. The van der Waals surface area contributed by atoms with Gasteiger partial charge in [0.1, 0.15) is 23.7 Å². The van der Waals surface area contributed by atoms with Gasteiger partial charge in [0, 0.05) is 24.2 Å². The Bertz CT molecular complexity index is 2060. The van der Waals surface area contributed by atoms with E-state index in [1.54, 1.807) is 28.6 Å². The molecule has 2 aliphatic rings. The number of imidazole rings is 2. The highest BCUT2D eigenvalue weighted by molar-refractivity contribution is 7.16. The van der Waals surface area contributed by atoms with E-state index in [-0.39, 0.29) is 35.7 Å². The van der Waals surface area contributed by atoms with Gasteiger partial charge < -0.3 is 39.9 Å². The first-order chi connectivity index (χ1) is 26.5. The maximum absolute atomic E-state index is 13.5. The summed E-state index contributed by atoms with van der Waals surface area (Å²) in [6.07, 6.45) is 5.60. The largest absolute Gasteiger partial charge is 0.453 e. The molecule has 2 aliphatic heterocycles. The van der Waals surface area contributed by atoms with Crippen molar-refractivity contribution in [1.82, 2.24) is 40.4 Å². The fraction of sp³-hybridized carbons (Fsp3) is 0.450. The molecule has 0 saturated carbocycles. The van der Waals surface area contributed by atoms with E-state index in [2.05, 4.69) is 42.4 Å². The average Bonchev–Trinajstić information content (AvgIpc) is 4.03. The number of thiophene rings is 1. The van der Waals surface area contributed by atoms with Gasteiger partial charge in [0.05, 0.1) is 59.8 Å². The van der Waals surface area contributed by atoms with Gasteiger partial charge in [-0.1, -0.05) is 51.7 Å². The van der Waals surface area contributed by atoms with Crippen molar-refractivity contribution in [2.75, 3.05) is 27.3 Å². The molecule has 4 aromatic rings. The minimum Gasteiger partial charge on any atom is -0.453 e. The third kappa shape index (κ3) is 8.86. The molecule has 0 spiro atoms. The van der Waals surface area contributed by atoms with Crippen LogP contribution in [0.2, 0.25) is 0 Å². The molecule has 0 bridgehead atoms. The van der Waals surface area contributed by atoms with Crippen molar-refractivity contribution in [2.45, 2.75) is 77.5 Å². The number of likely N-dealkylation sites (tertiary alicyclic amines) is 2. The number of nitrogens with one attached hydrogen (secondary N) is 4. The zero-order valence-corrected chi connectivity index (χ0v) is 32.8. The Morgan fingerprint density at radius 3 is 1.98 bits per heavy atom. The second-order valence-corrected chi connectivity index (χ2v) is 15.5. The zero-order valence-electron chi connectivity index (χ0n) is 32.0. The second-order valence-electron chi connectivity index (χ2n) is 14.5. The normalized spacial score (nSPS) is 17.8. The molecular weight excluding hydrogens is 721 g/mol. The van der Waals surface area contributed by atoms with Gasteiger partial charge in [-0.2, -0.15) is 0 Å². The third-order valence-electron chi connectivity index (χ3n) is 10.1. The highest BCUT2D eigenvalue weighted by Gasteiger charge is 2.38. The second kappa shape index (κ2) is 17.2. The van der Waals surface area contributed by atoms with Gasteiger partial charge in [0.25, 0.3) is 0 Å². The fourth-order valence-corrected chi connectivity index (χ4v) is 7.93. The Morgan fingerprint density at radius 1 is 0.782 bits per heavy atom. The molecule has 290 valence electrons. The van der Waals surface area contributed by atoms with Gasteiger partial charge in [0.2, 0.25) is 11.8 Å². The summed E-state index contributed by atoms with van der Waals surface area (Å²) < 4.78 is 9.49. The molecule has 2 saturated heterocycles. The number of aromatic nitrogens is 4. The summed E-state index contributed by atoms with van der Waals surface area (Å²) in [6, 6.07) is 10.1. The average molecular weight is 769 g/mol.